The highest BCUT2D eigenvalue weighted by Gasteiger charge is 2.16. The molecular formula is C12H19NO3. The lowest BCUT2D eigenvalue weighted by atomic mass is 10.1. The van der Waals surface area contributed by atoms with Crippen molar-refractivity contribution in [2.45, 2.75) is 26.0 Å². The molecule has 4 heteroatoms. The third kappa shape index (κ3) is 2.87. The molecule has 0 saturated carbocycles. The Bertz CT molecular complexity index is 339. The van der Waals surface area contributed by atoms with Crippen LogP contribution in [-0.4, -0.2) is 24.9 Å². The maximum absolute atomic E-state index is 9.09. The fourth-order valence-corrected chi connectivity index (χ4v) is 1.45. The van der Waals surface area contributed by atoms with Gasteiger partial charge in [-0.3, -0.25) is 0 Å². The normalized spacial score (nSPS) is 12.6. The molecule has 4 nitrogen and oxygen atoms in total. The first-order valence-electron chi connectivity index (χ1n) is 5.30. The molecule has 90 valence electrons. The molecule has 0 amide bonds. The van der Waals surface area contributed by atoms with E-state index in [1.54, 1.807) is 7.11 Å². The first-order chi connectivity index (χ1) is 7.60. The molecule has 0 bridgehead atoms. The van der Waals surface area contributed by atoms with Crippen LogP contribution in [0.1, 0.15) is 25.5 Å². The van der Waals surface area contributed by atoms with Gasteiger partial charge in [-0.2, -0.15) is 0 Å². The number of nitrogens with two attached hydrogens (primary N) is 1. The molecule has 1 aromatic rings. The van der Waals surface area contributed by atoms with E-state index in [0.29, 0.717) is 11.5 Å². The van der Waals surface area contributed by atoms with Crippen LogP contribution in [0.5, 0.6) is 11.5 Å². The summed E-state index contributed by atoms with van der Waals surface area (Å²) < 4.78 is 10.9. The molecule has 0 aromatic heterocycles. The first kappa shape index (κ1) is 12.8. The van der Waals surface area contributed by atoms with Crippen LogP contribution in [0.3, 0.4) is 0 Å². The lowest BCUT2D eigenvalue weighted by Crippen LogP contribution is -2.17. The van der Waals surface area contributed by atoms with Crippen LogP contribution in [0.25, 0.3) is 0 Å². The van der Waals surface area contributed by atoms with E-state index >= 15 is 0 Å². The summed E-state index contributed by atoms with van der Waals surface area (Å²) in [4.78, 5) is 0. The second kappa shape index (κ2) is 5.72. The molecule has 0 aliphatic carbocycles. The van der Waals surface area contributed by atoms with Gasteiger partial charge in [0.05, 0.1) is 25.9 Å². The highest BCUT2D eigenvalue weighted by molar-refractivity contribution is 5.48. The number of aliphatic hydroxyl groups is 1. The van der Waals surface area contributed by atoms with E-state index in [1.807, 2.05) is 32.0 Å². The Morgan fingerprint density at radius 1 is 1.38 bits per heavy atom. The molecule has 0 saturated heterocycles. The SMILES string of the molecule is COc1cccc(C(N)CO)c1OC(C)C. The van der Waals surface area contributed by atoms with E-state index in [0.717, 1.165) is 5.56 Å². The van der Waals surface area contributed by atoms with Crippen molar-refractivity contribution in [3.05, 3.63) is 23.8 Å². The van der Waals surface area contributed by atoms with Gasteiger partial charge in [-0.1, -0.05) is 12.1 Å². The summed E-state index contributed by atoms with van der Waals surface area (Å²) in [7, 11) is 1.58. The Labute approximate surface area is 96.0 Å². The Hall–Kier alpha value is -1.26. The molecule has 3 N–H and O–H groups in total. The smallest absolute Gasteiger partial charge is 0.166 e. The third-order valence-corrected chi connectivity index (χ3v) is 2.18. The van der Waals surface area contributed by atoms with Crippen molar-refractivity contribution in [3.63, 3.8) is 0 Å². The van der Waals surface area contributed by atoms with Gasteiger partial charge >= 0.3 is 0 Å². The zero-order chi connectivity index (χ0) is 12.1. The van der Waals surface area contributed by atoms with Crippen molar-refractivity contribution >= 4 is 0 Å². The number of para-hydroxylation sites is 1. The number of rotatable bonds is 5. The highest BCUT2D eigenvalue weighted by atomic mass is 16.5. The Kier molecular flexibility index (Phi) is 4.58. The zero-order valence-electron chi connectivity index (χ0n) is 9.93. The van der Waals surface area contributed by atoms with E-state index < -0.39 is 6.04 Å². The molecule has 1 rings (SSSR count). The summed E-state index contributed by atoms with van der Waals surface area (Å²) in [5.41, 5.74) is 6.57. The number of methoxy groups -OCH3 is 1. The van der Waals surface area contributed by atoms with E-state index in [1.165, 1.54) is 0 Å². The molecule has 0 aliphatic heterocycles. The van der Waals surface area contributed by atoms with Crippen LogP contribution in [0.15, 0.2) is 18.2 Å². The lowest BCUT2D eigenvalue weighted by molar-refractivity contribution is 0.219. The fraction of sp³-hybridized carbons (Fsp3) is 0.500. The van der Waals surface area contributed by atoms with Crippen molar-refractivity contribution in [1.82, 2.24) is 0 Å². The first-order valence-corrected chi connectivity index (χ1v) is 5.30. The Morgan fingerprint density at radius 3 is 2.56 bits per heavy atom. The molecule has 0 fully saturated rings. The maximum atomic E-state index is 9.09. The van der Waals surface area contributed by atoms with Gasteiger partial charge in [0.25, 0.3) is 0 Å². The van der Waals surface area contributed by atoms with Gasteiger partial charge in [-0.25, -0.2) is 0 Å². The largest absolute Gasteiger partial charge is 0.493 e. The van der Waals surface area contributed by atoms with E-state index in [4.69, 9.17) is 20.3 Å². The summed E-state index contributed by atoms with van der Waals surface area (Å²) in [6, 6.07) is 5.02. The second-order valence-electron chi connectivity index (χ2n) is 3.83. The van der Waals surface area contributed by atoms with Gasteiger partial charge in [0, 0.05) is 5.56 Å². The zero-order valence-corrected chi connectivity index (χ0v) is 9.93. The number of ether oxygens (including phenoxy) is 2. The van der Waals surface area contributed by atoms with Crippen LogP contribution < -0.4 is 15.2 Å². The maximum Gasteiger partial charge on any atom is 0.166 e. The number of aliphatic hydroxyl groups excluding tert-OH is 1. The molecule has 1 aromatic carbocycles. The number of hydrogen-bond donors (Lipinski definition) is 2. The van der Waals surface area contributed by atoms with E-state index in [2.05, 4.69) is 0 Å². The molecule has 0 heterocycles. The topological polar surface area (TPSA) is 64.7 Å². The van der Waals surface area contributed by atoms with Gasteiger partial charge < -0.3 is 20.3 Å². The molecule has 0 spiro atoms. The molecule has 0 radical (unpaired) electrons. The van der Waals surface area contributed by atoms with Crippen LogP contribution in [-0.2, 0) is 0 Å². The average molecular weight is 225 g/mol. The van der Waals surface area contributed by atoms with Crippen LogP contribution in [0.2, 0.25) is 0 Å². The molecule has 1 unspecified atom stereocenters. The standard InChI is InChI=1S/C12H19NO3/c1-8(2)16-12-9(10(13)7-14)5-4-6-11(12)15-3/h4-6,8,10,14H,7,13H2,1-3H3. The van der Waals surface area contributed by atoms with Crippen molar-refractivity contribution in [2.75, 3.05) is 13.7 Å². The third-order valence-electron chi connectivity index (χ3n) is 2.18. The minimum atomic E-state index is -0.455. The fourth-order valence-electron chi connectivity index (χ4n) is 1.45. The van der Waals surface area contributed by atoms with Crippen molar-refractivity contribution in [2.24, 2.45) is 5.73 Å². The summed E-state index contributed by atoms with van der Waals surface area (Å²) in [5, 5.41) is 9.09. The quantitative estimate of drug-likeness (QED) is 0.796. The lowest BCUT2D eigenvalue weighted by Gasteiger charge is -2.19. The predicted molar refractivity (Wildman–Crippen MR) is 62.8 cm³/mol. The summed E-state index contributed by atoms with van der Waals surface area (Å²) in [6.07, 6.45) is 0.0287. The number of hydrogen-bond acceptors (Lipinski definition) is 4. The van der Waals surface area contributed by atoms with Gasteiger partial charge in [-0.05, 0) is 19.9 Å². The summed E-state index contributed by atoms with van der Waals surface area (Å²) in [5.74, 6) is 1.25. The van der Waals surface area contributed by atoms with Crippen molar-refractivity contribution in [1.29, 1.82) is 0 Å². The van der Waals surface area contributed by atoms with Crippen molar-refractivity contribution in [3.8, 4) is 11.5 Å². The van der Waals surface area contributed by atoms with Crippen LogP contribution in [0.4, 0.5) is 0 Å². The van der Waals surface area contributed by atoms with E-state index in [9.17, 15) is 0 Å². The minimum absolute atomic E-state index is 0.0287. The Morgan fingerprint density at radius 2 is 2.06 bits per heavy atom. The van der Waals surface area contributed by atoms with Crippen molar-refractivity contribution < 1.29 is 14.6 Å². The van der Waals surface area contributed by atoms with Gasteiger partial charge in [-0.15, -0.1) is 0 Å². The molecular weight excluding hydrogens is 206 g/mol. The summed E-state index contributed by atoms with van der Waals surface area (Å²) in [6.45, 7) is 3.74. The van der Waals surface area contributed by atoms with Gasteiger partial charge in [0.15, 0.2) is 11.5 Å². The van der Waals surface area contributed by atoms with Crippen LogP contribution >= 0.6 is 0 Å². The number of benzene rings is 1. The van der Waals surface area contributed by atoms with Gasteiger partial charge in [0.1, 0.15) is 0 Å². The molecule has 16 heavy (non-hydrogen) atoms. The monoisotopic (exact) mass is 225 g/mol. The van der Waals surface area contributed by atoms with Gasteiger partial charge in [0.2, 0.25) is 0 Å². The molecule has 1 atom stereocenters. The highest BCUT2D eigenvalue weighted by Crippen LogP contribution is 2.34. The molecule has 0 aliphatic rings. The average Bonchev–Trinajstić information content (AvgIpc) is 2.27. The predicted octanol–water partition coefficient (Wildman–Crippen LogP) is 1.47. The minimum Gasteiger partial charge on any atom is -0.493 e. The second-order valence-corrected chi connectivity index (χ2v) is 3.83. The summed E-state index contributed by atoms with van der Waals surface area (Å²) >= 11 is 0. The van der Waals surface area contributed by atoms with Crippen LogP contribution in [0, 0.1) is 0 Å². The van der Waals surface area contributed by atoms with E-state index in [-0.39, 0.29) is 12.7 Å². The Balaban J connectivity index is 3.14.